The van der Waals surface area contributed by atoms with E-state index in [1.165, 1.54) is 9.79 Å². The fourth-order valence-corrected chi connectivity index (χ4v) is 2.49. The molecule has 0 amide bonds. The van der Waals surface area contributed by atoms with Gasteiger partial charge in [0.25, 0.3) is 0 Å². The van der Waals surface area contributed by atoms with E-state index < -0.39 is 0 Å². The Morgan fingerprint density at radius 3 is 2.44 bits per heavy atom. The second-order valence-corrected chi connectivity index (χ2v) is 4.37. The normalized spacial score (nSPS) is 12.0. The van der Waals surface area contributed by atoms with Crippen molar-refractivity contribution in [2.75, 3.05) is 0 Å². The number of hydrogen-bond donors (Lipinski definition) is 0. The Morgan fingerprint density at radius 2 is 1.56 bits per heavy atom. The number of aliphatic imine (C=N–C) groups is 1. The number of fused-ring (bicyclic) bond motifs is 2. The molecular formula is C13H8NSY-. The van der Waals surface area contributed by atoms with Crippen molar-refractivity contribution in [3.8, 4) is 0 Å². The van der Waals surface area contributed by atoms with Crippen LogP contribution in [0.3, 0.4) is 0 Å². The first-order chi connectivity index (χ1) is 7.43. The molecule has 0 unspecified atom stereocenters. The van der Waals surface area contributed by atoms with Gasteiger partial charge in [-0.05, 0) is 11.1 Å². The van der Waals surface area contributed by atoms with Crippen molar-refractivity contribution in [1.29, 1.82) is 0 Å². The van der Waals surface area contributed by atoms with Crippen molar-refractivity contribution in [2.45, 2.75) is 9.79 Å². The molecule has 0 aliphatic carbocycles. The molecule has 0 aromatic heterocycles. The molecule has 1 nitrogen and oxygen atoms in total. The fourth-order valence-electron chi connectivity index (χ4n) is 1.52. The zero-order valence-electron chi connectivity index (χ0n) is 8.55. The summed E-state index contributed by atoms with van der Waals surface area (Å²) in [7, 11) is 0. The van der Waals surface area contributed by atoms with Crippen LogP contribution in [0.4, 0.5) is 5.69 Å². The van der Waals surface area contributed by atoms with Gasteiger partial charge in [-0.15, -0.1) is 29.5 Å². The minimum absolute atomic E-state index is 0. The Labute approximate surface area is 124 Å². The van der Waals surface area contributed by atoms with Crippen LogP contribution in [0.1, 0.15) is 5.56 Å². The number of benzene rings is 2. The van der Waals surface area contributed by atoms with E-state index in [2.05, 4.69) is 23.3 Å². The summed E-state index contributed by atoms with van der Waals surface area (Å²) in [5.41, 5.74) is 2.07. The Balaban J connectivity index is 0.000000963. The van der Waals surface area contributed by atoms with Gasteiger partial charge < -0.3 is 4.99 Å². The van der Waals surface area contributed by atoms with E-state index in [-0.39, 0.29) is 32.7 Å². The molecular weight excluding hydrogens is 291 g/mol. The molecule has 1 aliphatic heterocycles. The third kappa shape index (κ3) is 2.29. The molecule has 2 aromatic carbocycles. The molecule has 75 valence electrons. The summed E-state index contributed by atoms with van der Waals surface area (Å²) in [4.78, 5) is 6.76. The monoisotopic (exact) mass is 299 g/mol. The van der Waals surface area contributed by atoms with Crippen molar-refractivity contribution < 1.29 is 32.7 Å². The molecule has 0 bridgehead atoms. The minimum Gasteiger partial charge on any atom is -0.350 e. The average Bonchev–Trinajstić information content (AvgIpc) is 2.48. The molecule has 1 radical (unpaired) electrons. The molecule has 0 saturated heterocycles. The fraction of sp³-hybridized carbons (Fsp3) is 0. The van der Waals surface area contributed by atoms with Gasteiger partial charge in [0, 0.05) is 38.4 Å². The third-order valence-electron chi connectivity index (χ3n) is 2.27. The summed E-state index contributed by atoms with van der Waals surface area (Å²) in [6.45, 7) is 0. The maximum atomic E-state index is 4.36. The van der Waals surface area contributed by atoms with Crippen molar-refractivity contribution >= 4 is 23.7 Å². The van der Waals surface area contributed by atoms with Gasteiger partial charge in [0.1, 0.15) is 0 Å². The smallest absolute Gasteiger partial charge is 0.000729 e. The van der Waals surface area contributed by atoms with Gasteiger partial charge in [-0.2, -0.15) is 0 Å². The molecule has 3 rings (SSSR count). The topological polar surface area (TPSA) is 12.4 Å². The summed E-state index contributed by atoms with van der Waals surface area (Å²) in [6, 6.07) is 16.3. The number of nitrogens with zero attached hydrogens (tertiary/aromatic N) is 1. The second-order valence-electron chi connectivity index (χ2n) is 3.29. The maximum absolute atomic E-state index is 4.36. The molecule has 0 saturated carbocycles. The van der Waals surface area contributed by atoms with Crippen LogP contribution in [-0.4, -0.2) is 6.21 Å². The van der Waals surface area contributed by atoms with Crippen LogP contribution in [0, 0.1) is 0 Å². The average molecular weight is 299 g/mol. The van der Waals surface area contributed by atoms with E-state index in [0.717, 1.165) is 11.3 Å². The van der Waals surface area contributed by atoms with Crippen molar-refractivity contribution in [3.05, 3.63) is 54.1 Å². The van der Waals surface area contributed by atoms with E-state index in [1.54, 1.807) is 11.8 Å². The van der Waals surface area contributed by atoms with Crippen LogP contribution in [0.15, 0.2) is 63.3 Å². The number of rotatable bonds is 0. The number of para-hydroxylation sites is 1. The Hall–Kier alpha value is -0.436. The molecule has 0 N–H and O–H groups in total. The van der Waals surface area contributed by atoms with Crippen LogP contribution in [-0.2, 0) is 32.7 Å². The summed E-state index contributed by atoms with van der Waals surface area (Å²) in [5.74, 6) is 0. The van der Waals surface area contributed by atoms with Gasteiger partial charge in [0.15, 0.2) is 0 Å². The molecule has 16 heavy (non-hydrogen) atoms. The van der Waals surface area contributed by atoms with Gasteiger partial charge in [-0.3, -0.25) is 0 Å². The maximum Gasteiger partial charge on any atom is 0.000729 e. The second kappa shape index (κ2) is 5.26. The Morgan fingerprint density at radius 1 is 0.875 bits per heavy atom. The predicted molar refractivity (Wildman–Crippen MR) is 63.2 cm³/mol. The van der Waals surface area contributed by atoms with Crippen LogP contribution in [0.5, 0.6) is 0 Å². The van der Waals surface area contributed by atoms with Gasteiger partial charge in [-0.25, -0.2) is 0 Å². The quantitative estimate of drug-likeness (QED) is 0.576. The van der Waals surface area contributed by atoms with Crippen LogP contribution in [0.2, 0.25) is 0 Å². The van der Waals surface area contributed by atoms with Crippen molar-refractivity contribution in [1.82, 2.24) is 0 Å². The minimum atomic E-state index is 0. The molecule has 3 heteroatoms. The van der Waals surface area contributed by atoms with Gasteiger partial charge >= 0.3 is 0 Å². The molecule has 2 aromatic rings. The molecule has 0 spiro atoms. The first-order valence-corrected chi connectivity index (χ1v) is 5.58. The summed E-state index contributed by atoms with van der Waals surface area (Å²) < 4.78 is 0. The van der Waals surface area contributed by atoms with E-state index >= 15 is 0 Å². The number of hydrogen-bond acceptors (Lipinski definition) is 2. The summed E-state index contributed by atoms with van der Waals surface area (Å²) in [6.07, 6.45) is 3.09. The Bertz CT molecular complexity index is 489. The largest absolute Gasteiger partial charge is 0.350 e. The molecule has 1 heterocycles. The van der Waals surface area contributed by atoms with E-state index in [0.29, 0.717) is 0 Å². The predicted octanol–water partition coefficient (Wildman–Crippen LogP) is 3.78. The molecule has 0 atom stereocenters. The van der Waals surface area contributed by atoms with Crippen molar-refractivity contribution in [2.24, 2.45) is 4.99 Å². The molecule has 1 aliphatic rings. The third-order valence-corrected chi connectivity index (χ3v) is 3.41. The zero-order chi connectivity index (χ0) is 10.1. The van der Waals surface area contributed by atoms with Gasteiger partial charge in [-0.1, -0.05) is 41.3 Å². The molecule has 0 fully saturated rings. The zero-order valence-corrected chi connectivity index (χ0v) is 12.2. The Kier molecular flexibility index (Phi) is 3.96. The van der Waals surface area contributed by atoms with Gasteiger partial charge in [0.05, 0.1) is 0 Å². The summed E-state index contributed by atoms with van der Waals surface area (Å²) >= 11 is 1.75. The van der Waals surface area contributed by atoms with Crippen LogP contribution >= 0.6 is 11.8 Å². The van der Waals surface area contributed by atoms with E-state index in [4.69, 9.17) is 0 Å². The van der Waals surface area contributed by atoms with Crippen LogP contribution < -0.4 is 0 Å². The SMILES string of the molecule is [C-]1=Nc2ccccc2Sc2ccccc21.[Y]. The van der Waals surface area contributed by atoms with E-state index in [1.807, 2.05) is 36.4 Å². The van der Waals surface area contributed by atoms with E-state index in [9.17, 15) is 0 Å². The van der Waals surface area contributed by atoms with Crippen LogP contribution in [0.25, 0.3) is 0 Å². The van der Waals surface area contributed by atoms with Gasteiger partial charge in [0.2, 0.25) is 0 Å². The van der Waals surface area contributed by atoms with Crippen molar-refractivity contribution in [3.63, 3.8) is 0 Å². The summed E-state index contributed by atoms with van der Waals surface area (Å²) in [5, 5.41) is 0. The first-order valence-electron chi connectivity index (χ1n) is 4.76. The standard InChI is InChI=1S/C13H8NS.Y/c1-3-7-12-10(5-1)9-14-11-6-2-4-8-13(11)15-12;/h1-8H;/q-1;. The first kappa shape index (κ1) is 12.0.